The van der Waals surface area contributed by atoms with Crippen molar-refractivity contribution in [3.8, 4) is 0 Å². The third-order valence-electron chi connectivity index (χ3n) is 3.24. The number of nitrogens with zero attached hydrogens (tertiary/aromatic N) is 3. The summed E-state index contributed by atoms with van der Waals surface area (Å²) in [6, 6.07) is 4.56. The maximum Gasteiger partial charge on any atom is 0.326 e. The summed E-state index contributed by atoms with van der Waals surface area (Å²) < 4.78 is 0. The highest BCUT2D eigenvalue weighted by molar-refractivity contribution is 5.83. The molecular weight excluding hydrogens is 246 g/mol. The number of hydrogen-bond donors (Lipinski definition) is 1. The molecule has 1 saturated heterocycles. The van der Waals surface area contributed by atoms with Crippen molar-refractivity contribution in [3.63, 3.8) is 0 Å². The number of likely N-dealkylation sites (tertiary alicyclic amines) is 1. The number of carboxylic acid groups (broad SMARTS) is 1. The maximum atomic E-state index is 12.2. The number of aliphatic carboxylic acids is 1. The predicted octanol–water partition coefficient (Wildman–Crippen LogP) is 1.18. The smallest absolute Gasteiger partial charge is 0.326 e. The van der Waals surface area contributed by atoms with E-state index < -0.39 is 12.0 Å². The molecule has 6 nitrogen and oxygen atoms in total. The van der Waals surface area contributed by atoms with Crippen LogP contribution < -0.4 is 0 Å². The van der Waals surface area contributed by atoms with Gasteiger partial charge in [0.15, 0.2) is 0 Å². The highest BCUT2D eigenvalue weighted by Crippen LogP contribution is 2.19. The number of pyridine rings is 1. The molecule has 6 heteroatoms. The lowest BCUT2D eigenvalue weighted by Crippen LogP contribution is -2.46. The molecule has 102 valence electrons. The molecule has 1 atom stereocenters. The molecule has 1 aliphatic heterocycles. The van der Waals surface area contributed by atoms with Gasteiger partial charge in [-0.2, -0.15) is 0 Å². The van der Waals surface area contributed by atoms with Crippen molar-refractivity contribution < 1.29 is 14.7 Å². The Labute approximate surface area is 111 Å². The van der Waals surface area contributed by atoms with Gasteiger partial charge >= 0.3 is 12.0 Å². The van der Waals surface area contributed by atoms with Gasteiger partial charge in [0.2, 0.25) is 0 Å². The van der Waals surface area contributed by atoms with Gasteiger partial charge in [-0.25, -0.2) is 9.59 Å². The second kappa shape index (κ2) is 5.69. The Morgan fingerprint density at radius 3 is 2.95 bits per heavy atom. The Bertz CT molecular complexity index is 463. The zero-order chi connectivity index (χ0) is 13.8. The molecule has 0 saturated carbocycles. The summed E-state index contributed by atoms with van der Waals surface area (Å²) in [5, 5.41) is 9.08. The molecule has 1 fully saturated rings. The van der Waals surface area contributed by atoms with Crippen molar-refractivity contribution in [1.82, 2.24) is 14.8 Å². The lowest BCUT2D eigenvalue weighted by Gasteiger charge is -2.27. The number of carboxylic acids is 1. The van der Waals surface area contributed by atoms with Gasteiger partial charge in [0.1, 0.15) is 6.04 Å². The van der Waals surface area contributed by atoms with E-state index in [0.717, 1.165) is 12.1 Å². The number of aromatic nitrogens is 1. The Hall–Kier alpha value is -2.11. The lowest BCUT2D eigenvalue weighted by molar-refractivity contribution is -0.141. The zero-order valence-corrected chi connectivity index (χ0v) is 10.8. The van der Waals surface area contributed by atoms with E-state index in [2.05, 4.69) is 4.98 Å². The number of amides is 2. The second-order valence-corrected chi connectivity index (χ2v) is 4.65. The summed E-state index contributed by atoms with van der Waals surface area (Å²) in [5.41, 5.74) is 0.782. The number of carbonyl (C=O) groups excluding carboxylic acids is 1. The number of carbonyl (C=O) groups is 2. The predicted molar refractivity (Wildman–Crippen MR) is 68.5 cm³/mol. The van der Waals surface area contributed by atoms with Crippen LogP contribution in [-0.4, -0.2) is 51.5 Å². The molecule has 0 bridgehead atoms. The van der Waals surface area contributed by atoms with Gasteiger partial charge in [-0.15, -0.1) is 0 Å². The van der Waals surface area contributed by atoms with E-state index in [1.54, 1.807) is 13.2 Å². The largest absolute Gasteiger partial charge is 0.480 e. The van der Waals surface area contributed by atoms with E-state index >= 15 is 0 Å². The van der Waals surface area contributed by atoms with Gasteiger partial charge in [0.05, 0.1) is 12.2 Å². The van der Waals surface area contributed by atoms with Gasteiger partial charge in [-0.3, -0.25) is 4.98 Å². The van der Waals surface area contributed by atoms with Gasteiger partial charge < -0.3 is 14.9 Å². The Morgan fingerprint density at radius 1 is 1.53 bits per heavy atom. The first-order valence-corrected chi connectivity index (χ1v) is 6.24. The zero-order valence-electron chi connectivity index (χ0n) is 10.8. The van der Waals surface area contributed by atoms with Crippen molar-refractivity contribution in [2.45, 2.75) is 25.4 Å². The van der Waals surface area contributed by atoms with Crippen LogP contribution in [0.5, 0.6) is 0 Å². The second-order valence-electron chi connectivity index (χ2n) is 4.65. The van der Waals surface area contributed by atoms with E-state index in [1.165, 1.54) is 9.80 Å². The molecule has 0 aromatic carbocycles. The summed E-state index contributed by atoms with van der Waals surface area (Å²) in [6.45, 7) is 0.880. The molecule has 1 aliphatic rings. The minimum absolute atomic E-state index is 0.254. The van der Waals surface area contributed by atoms with Crippen molar-refractivity contribution in [1.29, 1.82) is 0 Å². The van der Waals surface area contributed by atoms with Crippen LogP contribution in [-0.2, 0) is 11.3 Å². The van der Waals surface area contributed by atoms with E-state index in [-0.39, 0.29) is 6.03 Å². The summed E-state index contributed by atoms with van der Waals surface area (Å²) in [6.07, 6.45) is 2.93. The van der Waals surface area contributed by atoms with Crippen molar-refractivity contribution in [2.75, 3.05) is 13.6 Å². The topological polar surface area (TPSA) is 73.7 Å². The molecule has 1 aromatic rings. The van der Waals surface area contributed by atoms with Crippen LogP contribution in [0, 0.1) is 0 Å². The van der Waals surface area contributed by atoms with Crippen LogP contribution >= 0.6 is 0 Å². The van der Waals surface area contributed by atoms with Crippen LogP contribution in [0.1, 0.15) is 18.5 Å². The van der Waals surface area contributed by atoms with Gasteiger partial charge in [-0.05, 0) is 25.0 Å². The Morgan fingerprint density at radius 2 is 2.32 bits per heavy atom. The fraction of sp³-hybridized carbons (Fsp3) is 0.462. The van der Waals surface area contributed by atoms with Crippen molar-refractivity contribution >= 4 is 12.0 Å². The Kier molecular flexibility index (Phi) is 3.99. The minimum atomic E-state index is -0.933. The molecule has 2 rings (SSSR count). The normalized spacial score (nSPS) is 18.4. The molecule has 0 aliphatic carbocycles. The van der Waals surface area contributed by atoms with Gasteiger partial charge in [-0.1, -0.05) is 6.07 Å². The standard InChI is InChI=1S/C13H17N3O3/c1-15(9-10-5-2-3-7-14-10)13(19)16-8-4-6-11(16)12(17)18/h2-3,5,7,11H,4,6,8-9H2,1H3,(H,17,18)/t11-/m0/s1. The summed E-state index contributed by atoms with van der Waals surface area (Å²) in [4.78, 5) is 30.4. The van der Waals surface area contributed by atoms with E-state index in [1.807, 2.05) is 18.2 Å². The summed E-state index contributed by atoms with van der Waals surface area (Å²) in [7, 11) is 1.66. The van der Waals surface area contributed by atoms with Gasteiger partial charge in [0.25, 0.3) is 0 Å². The van der Waals surface area contributed by atoms with E-state index in [0.29, 0.717) is 19.5 Å². The van der Waals surface area contributed by atoms with E-state index in [4.69, 9.17) is 5.11 Å². The number of rotatable bonds is 3. The molecule has 0 radical (unpaired) electrons. The van der Waals surface area contributed by atoms with Crippen LogP contribution in [0.3, 0.4) is 0 Å². The third-order valence-corrected chi connectivity index (χ3v) is 3.24. The molecule has 2 amide bonds. The molecule has 19 heavy (non-hydrogen) atoms. The van der Waals surface area contributed by atoms with Crippen molar-refractivity contribution in [3.05, 3.63) is 30.1 Å². The highest BCUT2D eigenvalue weighted by Gasteiger charge is 2.35. The quantitative estimate of drug-likeness (QED) is 0.888. The van der Waals surface area contributed by atoms with Crippen molar-refractivity contribution in [2.24, 2.45) is 0 Å². The average molecular weight is 263 g/mol. The monoisotopic (exact) mass is 263 g/mol. The van der Waals surface area contributed by atoms with Crippen LogP contribution in [0.25, 0.3) is 0 Å². The fourth-order valence-corrected chi connectivity index (χ4v) is 2.27. The molecule has 1 N–H and O–H groups in total. The first kappa shape index (κ1) is 13.3. The molecular formula is C13H17N3O3. The van der Waals surface area contributed by atoms with Crippen LogP contribution in [0.2, 0.25) is 0 Å². The average Bonchev–Trinajstić information content (AvgIpc) is 2.88. The Balaban J connectivity index is 2.01. The first-order chi connectivity index (χ1) is 9.09. The van der Waals surface area contributed by atoms with Crippen LogP contribution in [0.4, 0.5) is 4.79 Å². The lowest BCUT2D eigenvalue weighted by atomic mass is 10.2. The fourth-order valence-electron chi connectivity index (χ4n) is 2.27. The minimum Gasteiger partial charge on any atom is -0.480 e. The molecule has 1 aromatic heterocycles. The molecule has 2 heterocycles. The maximum absolute atomic E-state index is 12.2. The first-order valence-electron chi connectivity index (χ1n) is 6.24. The van der Waals surface area contributed by atoms with Gasteiger partial charge in [0, 0.05) is 19.8 Å². The summed E-state index contributed by atoms with van der Waals surface area (Å²) >= 11 is 0. The summed E-state index contributed by atoms with van der Waals surface area (Å²) in [5.74, 6) is -0.933. The van der Waals surface area contributed by atoms with Crippen LogP contribution in [0.15, 0.2) is 24.4 Å². The molecule has 0 unspecified atom stereocenters. The van der Waals surface area contributed by atoms with E-state index in [9.17, 15) is 9.59 Å². The number of urea groups is 1. The third kappa shape index (κ3) is 3.01. The highest BCUT2D eigenvalue weighted by atomic mass is 16.4. The molecule has 0 spiro atoms. The SMILES string of the molecule is CN(Cc1ccccn1)C(=O)N1CCC[C@H]1C(=O)O. The number of hydrogen-bond acceptors (Lipinski definition) is 3.